The number of rotatable bonds is 6. The van der Waals surface area contributed by atoms with Crippen molar-refractivity contribution in [2.45, 2.75) is 18.9 Å². The number of ether oxygens (including phenoxy) is 3. The first-order valence-corrected chi connectivity index (χ1v) is 7.73. The van der Waals surface area contributed by atoms with Crippen LogP contribution in [0.4, 0.5) is 0 Å². The van der Waals surface area contributed by atoms with Crippen LogP contribution >= 0.6 is 0 Å². The van der Waals surface area contributed by atoms with E-state index in [2.05, 4.69) is 9.47 Å². The van der Waals surface area contributed by atoms with Gasteiger partial charge in [-0.1, -0.05) is 0 Å². The molecular weight excluding hydrogens is 290 g/mol. The second-order valence-corrected chi connectivity index (χ2v) is 6.36. The van der Waals surface area contributed by atoms with Crippen LogP contribution in [0.25, 0.3) is 0 Å². The van der Waals surface area contributed by atoms with E-state index in [0.717, 1.165) is 0 Å². The molecule has 1 unspecified atom stereocenters. The zero-order valence-electron chi connectivity index (χ0n) is 11.5. The average molecular weight is 309 g/mol. The van der Waals surface area contributed by atoms with Gasteiger partial charge in [0.25, 0.3) is 0 Å². The summed E-state index contributed by atoms with van der Waals surface area (Å²) in [5.41, 5.74) is 0. The molecule has 1 fully saturated rings. The number of nitrogens with zero attached hydrogens (tertiary/aromatic N) is 1. The molecule has 0 aliphatic carbocycles. The fourth-order valence-corrected chi connectivity index (χ4v) is 3.21. The minimum absolute atomic E-state index is 0.000475. The van der Waals surface area contributed by atoms with Crippen LogP contribution in [0.3, 0.4) is 0 Å². The van der Waals surface area contributed by atoms with Gasteiger partial charge in [-0.05, 0) is 0 Å². The summed E-state index contributed by atoms with van der Waals surface area (Å²) in [5.74, 6) is -1.35. The van der Waals surface area contributed by atoms with Crippen LogP contribution in [0.5, 0.6) is 0 Å². The van der Waals surface area contributed by atoms with Gasteiger partial charge in [0.1, 0.15) is 0 Å². The summed E-state index contributed by atoms with van der Waals surface area (Å²) in [6.45, 7) is 0.499. The lowest BCUT2D eigenvalue weighted by atomic mass is 10.2. The Morgan fingerprint density at radius 2 is 1.90 bits per heavy atom. The molecule has 8 nitrogen and oxygen atoms in total. The van der Waals surface area contributed by atoms with Crippen molar-refractivity contribution in [3.63, 3.8) is 0 Å². The lowest BCUT2D eigenvalue weighted by molar-refractivity contribution is -0.145. The van der Waals surface area contributed by atoms with Gasteiger partial charge >= 0.3 is 11.9 Å². The maximum absolute atomic E-state index is 12.1. The van der Waals surface area contributed by atoms with E-state index >= 15 is 0 Å². The first-order chi connectivity index (χ1) is 9.39. The molecular formula is C11H19NO7S. The molecule has 1 aliphatic rings. The smallest absolute Gasteiger partial charge is 0.308 e. The van der Waals surface area contributed by atoms with Gasteiger partial charge in [0, 0.05) is 13.1 Å². The van der Waals surface area contributed by atoms with E-state index in [1.807, 2.05) is 0 Å². The van der Waals surface area contributed by atoms with Crippen molar-refractivity contribution < 1.29 is 32.2 Å². The molecule has 0 amide bonds. The molecule has 0 radical (unpaired) electrons. The third-order valence-electron chi connectivity index (χ3n) is 2.91. The molecule has 1 aliphatic heterocycles. The SMILES string of the molecule is COC(=O)CCS(=O)(=O)N1CCOC(CC(=O)OC)C1. The number of hydrogen-bond donors (Lipinski definition) is 0. The van der Waals surface area contributed by atoms with Crippen molar-refractivity contribution in [1.29, 1.82) is 0 Å². The Balaban J connectivity index is 2.56. The summed E-state index contributed by atoms with van der Waals surface area (Å²) >= 11 is 0. The predicted molar refractivity (Wildman–Crippen MR) is 68.4 cm³/mol. The molecule has 0 bridgehead atoms. The quantitative estimate of drug-likeness (QED) is 0.589. The van der Waals surface area contributed by atoms with Crippen LogP contribution in [0.15, 0.2) is 0 Å². The largest absolute Gasteiger partial charge is 0.469 e. The number of sulfonamides is 1. The Kier molecular flexibility index (Phi) is 6.37. The van der Waals surface area contributed by atoms with E-state index in [9.17, 15) is 18.0 Å². The molecule has 116 valence electrons. The highest BCUT2D eigenvalue weighted by Crippen LogP contribution is 2.14. The van der Waals surface area contributed by atoms with Crippen LogP contribution in [0.2, 0.25) is 0 Å². The number of morpholine rings is 1. The highest BCUT2D eigenvalue weighted by Gasteiger charge is 2.31. The summed E-state index contributed by atoms with van der Waals surface area (Å²) in [6, 6.07) is 0. The summed E-state index contributed by atoms with van der Waals surface area (Å²) in [6.07, 6.45) is -0.721. The lowest BCUT2D eigenvalue weighted by Crippen LogP contribution is -2.47. The third kappa shape index (κ3) is 5.06. The van der Waals surface area contributed by atoms with Crippen LogP contribution in [-0.2, 0) is 33.8 Å². The summed E-state index contributed by atoms with van der Waals surface area (Å²) < 4.78 is 39.6. The van der Waals surface area contributed by atoms with Crippen LogP contribution in [0.1, 0.15) is 12.8 Å². The molecule has 9 heteroatoms. The Bertz CT molecular complexity index is 448. The van der Waals surface area contributed by atoms with Gasteiger partial charge in [-0.3, -0.25) is 9.59 Å². The molecule has 0 saturated carbocycles. The second-order valence-electron chi connectivity index (χ2n) is 4.27. The van der Waals surface area contributed by atoms with E-state index in [1.165, 1.54) is 18.5 Å². The lowest BCUT2D eigenvalue weighted by Gasteiger charge is -2.31. The normalized spacial score (nSPS) is 20.4. The molecule has 1 atom stereocenters. The predicted octanol–water partition coefficient (Wildman–Crippen LogP) is -0.857. The van der Waals surface area contributed by atoms with E-state index in [4.69, 9.17) is 4.74 Å². The van der Waals surface area contributed by atoms with Gasteiger partial charge < -0.3 is 14.2 Å². The average Bonchev–Trinajstić information content (AvgIpc) is 2.45. The van der Waals surface area contributed by atoms with Gasteiger partial charge in [-0.25, -0.2) is 8.42 Å². The second kappa shape index (κ2) is 7.55. The number of hydrogen-bond acceptors (Lipinski definition) is 7. The summed E-state index contributed by atoms with van der Waals surface area (Å²) in [4.78, 5) is 22.2. The van der Waals surface area contributed by atoms with Gasteiger partial charge in [0.15, 0.2) is 0 Å². The number of methoxy groups -OCH3 is 2. The van der Waals surface area contributed by atoms with Crippen LogP contribution in [0, 0.1) is 0 Å². The first-order valence-electron chi connectivity index (χ1n) is 6.12. The molecule has 1 saturated heterocycles. The minimum Gasteiger partial charge on any atom is -0.469 e. The Hall–Kier alpha value is -1.19. The molecule has 0 aromatic heterocycles. The Morgan fingerprint density at radius 1 is 1.25 bits per heavy atom. The van der Waals surface area contributed by atoms with Crippen molar-refractivity contribution >= 4 is 22.0 Å². The minimum atomic E-state index is -3.56. The van der Waals surface area contributed by atoms with Crippen LogP contribution in [-0.4, -0.2) is 70.4 Å². The van der Waals surface area contributed by atoms with Gasteiger partial charge in [-0.15, -0.1) is 0 Å². The highest BCUT2D eigenvalue weighted by molar-refractivity contribution is 7.89. The third-order valence-corrected chi connectivity index (χ3v) is 4.75. The van der Waals surface area contributed by atoms with Crippen molar-refractivity contribution in [3.8, 4) is 0 Å². The summed E-state index contributed by atoms with van der Waals surface area (Å²) in [5, 5.41) is 0. The fraction of sp³-hybridized carbons (Fsp3) is 0.818. The van der Waals surface area contributed by atoms with Gasteiger partial charge in [0.2, 0.25) is 10.0 Å². The molecule has 0 aromatic rings. The molecule has 1 heterocycles. The topological polar surface area (TPSA) is 99.2 Å². The number of carbonyl (C=O) groups is 2. The molecule has 20 heavy (non-hydrogen) atoms. The molecule has 0 N–H and O–H groups in total. The zero-order valence-corrected chi connectivity index (χ0v) is 12.3. The maximum Gasteiger partial charge on any atom is 0.308 e. The maximum atomic E-state index is 12.1. The fourth-order valence-electron chi connectivity index (χ4n) is 1.78. The van der Waals surface area contributed by atoms with Gasteiger partial charge in [0.05, 0.1) is 45.5 Å². The Morgan fingerprint density at radius 3 is 2.50 bits per heavy atom. The van der Waals surface area contributed by atoms with Crippen molar-refractivity contribution in [2.75, 3.05) is 39.7 Å². The number of carbonyl (C=O) groups excluding carboxylic acids is 2. The van der Waals surface area contributed by atoms with Crippen molar-refractivity contribution in [2.24, 2.45) is 0 Å². The molecule has 0 spiro atoms. The summed E-state index contributed by atoms with van der Waals surface area (Å²) in [7, 11) is -1.10. The zero-order chi connectivity index (χ0) is 15.2. The first kappa shape index (κ1) is 16.9. The number of esters is 2. The molecule has 0 aromatic carbocycles. The van der Waals surface area contributed by atoms with E-state index in [1.54, 1.807) is 0 Å². The Labute approximate surface area is 118 Å². The van der Waals surface area contributed by atoms with Crippen LogP contribution < -0.4 is 0 Å². The van der Waals surface area contributed by atoms with E-state index < -0.39 is 28.1 Å². The molecule has 1 rings (SSSR count). The standard InChI is InChI=1S/C11H19NO7S/c1-17-10(13)3-6-20(15,16)12-4-5-19-9(8-12)7-11(14)18-2/h9H,3-8H2,1-2H3. The van der Waals surface area contributed by atoms with Crippen molar-refractivity contribution in [1.82, 2.24) is 4.31 Å². The monoisotopic (exact) mass is 309 g/mol. The van der Waals surface area contributed by atoms with E-state index in [-0.39, 0.29) is 38.3 Å². The van der Waals surface area contributed by atoms with E-state index in [0.29, 0.717) is 0 Å². The van der Waals surface area contributed by atoms with Gasteiger partial charge in [-0.2, -0.15) is 4.31 Å². The van der Waals surface area contributed by atoms with Crippen molar-refractivity contribution in [3.05, 3.63) is 0 Å². The highest BCUT2D eigenvalue weighted by atomic mass is 32.2.